The molecule has 0 spiro atoms. The lowest BCUT2D eigenvalue weighted by molar-refractivity contribution is 0.591. The van der Waals surface area contributed by atoms with Gasteiger partial charge in [-0.15, -0.1) is 0 Å². The van der Waals surface area contributed by atoms with E-state index in [-0.39, 0.29) is 11.5 Å². The fraction of sp³-hybridized carbons (Fsp3) is 0.385. The Labute approximate surface area is 113 Å². The lowest BCUT2D eigenvalue weighted by Crippen LogP contribution is -2.24. The third kappa shape index (κ3) is 3.97. The van der Waals surface area contributed by atoms with E-state index in [1.165, 1.54) is 0 Å². The summed E-state index contributed by atoms with van der Waals surface area (Å²) >= 11 is 0. The van der Waals surface area contributed by atoms with Crippen molar-refractivity contribution in [3.05, 3.63) is 36.2 Å². The highest BCUT2D eigenvalue weighted by Gasteiger charge is 2.06. The highest BCUT2D eigenvalue weighted by atomic mass is 32.2. The maximum absolute atomic E-state index is 11.3. The van der Waals surface area contributed by atoms with Gasteiger partial charge in [-0.3, -0.25) is 4.98 Å². The molecule has 1 N–H and O–H groups in total. The summed E-state index contributed by atoms with van der Waals surface area (Å²) in [6.45, 7) is 2.62. The molecule has 0 unspecified atom stereocenters. The van der Waals surface area contributed by atoms with Crippen molar-refractivity contribution < 1.29 is 8.42 Å². The average Bonchev–Trinajstić information content (AvgIpc) is 2.43. The molecule has 0 atom stereocenters. The number of benzene rings is 1. The molecule has 0 amide bonds. The number of para-hydroxylation sites is 2. The smallest absolute Gasteiger partial charge is 0.151 e. The van der Waals surface area contributed by atoms with Crippen LogP contribution >= 0.6 is 0 Å². The van der Waals surface area contributed by atoms with Gasteiger partial charge in [0.2, 0.25) is 0 Å². The van der Waals surface area contributed by atoms with Gasteiger partial charge in [0.05, 0.1) is 28.7 Å². The largest absolute Gasteiger partial charge is 0.310 e. The number of nitrogens with zero attached hydrogens (tertiary/aromatic N) is 2. The van der Waals surface area contributed by atoms with Gasteiger partial charge in [-0.05, 0) is 12.1 Å². The van der Waals surface area contributed by atoms with Crippen molar-refractivity contribution in [1.82, 2.24) is 15.3 Å². The molecule has 0 saturated carbocycles. The van der Waals surface area contributed by atoms with Crippen molar-refractivity contribution in [3.63, 3.8) is 0 Å². The van der Waals surface area contributed by atoms with Crippen molar-refractivity contribution >= 4 is 20.9 Å². The minimum Gasteiger partial charge on any atom is -0.310 e. The molecule has 19 heavy (non-hydrogen) atoms. The SMILES string of the molecule is CCS(=O)(=O)CCNCc1cnc2ccccc2n1. The van der Waals surface area contributed by atoms with Crippen LogP contribution in [0.1, 0.15) is 12.6 Å². The topological polar surface area (TPSA) is 72.0 Å². The molecular weight excluding hydrogens is 262 g/mol. The number of aromatic nitrogens is 2. The summed E-state index contributed by atoms with van der Waals surface area (Å²) in [5.74, 6) is 0.342. The van der Waals surface area contributed by atoms with Crippen molar-refractivity contribution in [3.8, 4) is 0 Å². The van der Waals surface area contributed by atoms with Crippen LogP contribution in [-0.4, -0.2) is 36.4 Å². The molecule has 102 valence electrons. The maximum atomic E-state index is 11.3. The van der Waals surface area contributed by atoms with E-state index in [0.29, 0.717) is 13.1 Å². The van der Waals surface area contributed by atoms with Gasteiger partial charge >= 0.3 is 0 Å². The quantitative estimate of drug-likeness (QED) is 0.803. The molecule has 2 aromatic rings. The lowest BCUT2D eigenvalue weighted by Gasteiger charge is -2.05. The number of nitrogens with one attached hydrogen (secondary N) is 1. The standard InChI is InChI=1S/C13H17N3O2S/c1-2-19(17,18)8-7-14-9-11-10-15-12-5-3-4-6-13(12)16-11/h3-6,10,14H,2,7-9H2,1H3. The van der Waals surface area contributed by atoms with Crippen molar-refractivity contribution in [2.45, 2.75) is 13.5 Å². The molecule has 2 rings (SSSR count). The van der Waals surface area contributed by atoms with Crippen LogP contribution in [0.5, 0.6) is 0 Å². The van der Waals surface area contributed by atoms with Gasteiger partial charge in [0, 0.05) is 18.8 Å². The van der Waals surface area contributed by atoms with E-state index in [9.17, 15) is 8.42 Å². The summed E-state index contributed by atoms with van der Waals surface area (Å²) in [7, 11) is -2.91. The van der Waals surface area contributed by atoms with Crippen molar-refractivity contribution in [2.75, 3.05) is 18.1 Å². The molecule has 5 nitrogen and oxygen atoms in total. The lowest BCUT2D eigenvalue weighted by atomic mass is 10.3. The van der Waals surface area contributed by atoms with Gasteiger partial charge in [0.1, 0.15) is 0 Å². The van der Waals surface area contributed by atoms with Crippen LogP contribution in [0.2, 0.25) is 0 Å². The first-order valence-electron chi connectivity index (χ1n) is 6.22. The Morgan fingerprint density at radius 3 is 2.68 bits per heavy atom. The van der Waals surface area contributed by atoms with Crippen LogP contribution in [0.15, 0.2) is 30.5 Å². The van der Waals surface area contributed by atoms with Crippen LogP contribution < -0.4 is 5.32 Å². The van der Waals surface area contributed by atoms with Crippen molar-refractivity contribution in [1.29, 1.82) is 0 Å². The summed E-state index contributed by atoms with van der Waals surface area (Å²) < 4.78 is 22.6. The van der Waals surface area contributed by atoms with Crippen LogP contribution in [0.25, 0.3) is 11.0 Å². The third-order valence-electron chi connectivity index (χ3n) is 2.83. The minimum absolute atomic E-state index is 0.157. The second-order valence-electron chi connectivity index (χ2n) is 4.26. The van der Waals surface area contributed by atoms with Gasteiger partial charge in [0.15, 0.2) is 9.84 Å². The monoisotopic (exact) mass is 279 g/mol. The molecule has 0 radical (unpaired) electrons. The molecule has 0 aliphatic carbocycles. The molecule has 1 aromatic carbocycles. The molecule has 0 saturated heterocycles. The number of rotatable bonds is 6. The number of hydrogen-bond donors (Lipinski definition) is 1. The van der Waals surface area contributed by atoms with Gasteiger partial charge in [-0.2, -0.15) is 0 Å². The van der Waals surface area contributed by atoms with Crippen molar-refractivity contribution in [2.24, 2.45) is 0 Å². The Balaban J connectivity index is 1.91. The molecule has 0 bridgehead atoms. The normalized spacial score (nSPS) is 11.8. The third-order valence-corrected chi connectivity index (χ3v) is 4.54. The van der Waals surface area contributed by atoms with E-state index < -0.39 is 9.84 Å². The number of sulfone groups is 1. The second kappa shape index (κ2) is 6.08. The van der Waals surface area contributed by atoms with E-state index in [1.807, 2.05) is 24.3 Å². The zero-order chi connectivity index (χ0) is 13.7. The molecule has 6 heteroatoms. The molecular formula is C13H17N3O2S. The van der Waals surface area contributed by atoms with Gasteiger partial charge in [0.25, 0.3) is 0 Å². The zero-order valence-electron chi connectivity index (χ0n) is 10.8. The predicted molar refractivity (Wildman–Crippen MR) is 75.6 cm³/mol. The fourth-order valence-corrected chi connectivity index (χ4v) is 2.41. The summed E-state index contributed by atoms with van der Waals surface area (Å²) in [5.41, 5.74) is 2.52. The zero-order valence-corrected chi connectivity index (χ0v) is 11.7. The summed E-state index contributed by atoms with van der Waals surface area (Å²) in [6.07, 6.45) is 1.71. The fourth-order valence-electron chi connectivity index (χ4n) is 1.67. The van der Waals surface area contributed by atoms with Crippen LogP contribution in [0.4, 0.5) is 0 Å². The van der Waals surface area contributed by atoms with Crippen LogP contribution in [0, 0.1) is 0 Å². The van der Waals surface area contributed by atoms with Crippen LogP contribution in [0.3, 0.4) is 0 Å². The summed E-state index contributed by atoms with van der Waals surface area (Å²) in [6, 6.07) is 7.66. The van der Waals surface area contributed by atoms with Gasteiger partial charge in [-0.1, -0.05) is 19.1 Å². The Bertz CT molecular complexity index is 656. The van der Waals surface area contributed by atoms with Gasteiger partial charge < -0.3 is 5.32 Å². The Hall–Kier alpha value is -1.53. The molecule has 0 aliphatic heterocycles. The average molecular weight is 279 g/mol. The van der Waals surface area contributed by atoms with E-state index in [2.05, 4.69) is 15.3 Å². The van der Waals surface area contributed by atoms with Gasteiger partial charge in [-0.25, -0.2) is 13.4 Å². The number of hydrogen-bond acceptors (Lipinski definition) is 5. The summed E-state index contributed by atoms with van der Waals surface area (Å²) in [5, 5.41) is 3.08. The molecule has 1 aromatic heterocycles. The first-order chi connectivity index (χ1) is 9.11. The molecule has 0 aliphatic rings. The summed E-state index contributed by atoms with van der Waals surface area (Å²) in [4.78, 5) is 8.76. The predicted octanol–water partition coefficient (Wildman–Crippen LogP) is 1.15. The van der Waals surface area contributed by atoms with E-state index >= 15 is 0 Å². The van der Waals surface area contributed by atoms with E-state index in [0.717, 1.165) is 16.7 Å². The van der Waals surface area contributed by atoms with E-state index in [4.69, 9.17) is 0 Å². The number of fused-ring (bicyclic) bond motifs is 1. The van der Waals surface area contributed by atoms with Crippen LogP contribution in [-0.2, 0) is 16.4 Å². The Kier molecular flexibility index (Phi) is 4.44. The Morgan fingerprint density at radius 2 is 1.95 bits per heavy atom. The Morgan fingerprint density at radius 1 is 1.21 bits per heavy atom. The minimum atomic E-state index is -2.91. The first-order valence-corrected chi connectivity index (χ1v) is 8.04. The van der Waals surface area contributed by atoms with E-state index in [1.54, 1.807) is 13.1 Å². The molecule has 1 heterocycles. The second-order valence-corrected chi connectivity index (χ2v) is 6.74. The molecule has 0 fully saturated rings. The maximum Gasteiger partial charge on any atom is 0.151 e. The first kappa shape index (κ1) is 13.9. The highest BCUT2D eigenvalue weighted by molar-refractivity contribution is 7.91. The highest BCUT2D eigenvalue weighted by Crippen LogP contribution is 2.08.